The summed E-state index contributed by atoms with van der Waals surface area (Å²) in [5.41, 5.74) is 4.26. The molecule has 0 unspecified atom stereocenters. The third kappa shape index (κ3) is 4.75. The number of H-pyrrole nitrogens is 1. The van der Waals surface area contributed by atoms with Gasteiger partial charge in [0.2, 0.25) is 0 Å². The van der Waals surface area contributed by atoms with Crippen LogP contribution in [0.2, 0.25) is 0 Å². The number of likely N-dealkylation sites (N-methyl/N-ethyl adjacent to an activating group) is 1. The topological polar surface area (TPSA) is 86.5 Å². The Morgan fingerprint density at radius 3 is 2.62 bits per heavy atom. The van der Waals surface area contributed by atoms with E-state index in [9.17, 15) is 9.59 Å². The summed E-state index contributed by atoms with van der Waals surface area (Å²) in [6.45, 7) is 3.69. The van der Waals surface area contributed by atoms with Gasteiger partial charge in [-0.05, 0) is 62.5 Å². The molecule has 3 aromatic carbocycles. The van der Waals surface area contributed by atoms with Gasteiger partial charge in [0.25, 0.3) is 5.91 Å². The number of ether oxygens (including phenoxy) is 1. The molecule has 4 rings (SSSR count). The number of anilines is 1. The number of benzene rings is 3. The van der Waals surface area contributed by atoms with Crippen LogP contribution in [-0.4, -0.2) is 50.1 Å². The molecule has 0 saturated carbocycles. The van der Waals surface area contributed by atoms with Gasteiger partial charge in [-0.2, -0.15) is 0 Å². The maximum absolute atomic E-state index is 13.6. The van der Waals surface area contributed by atoms with Gasteiger partial charge in [0, 0.05) is 30.7 Å². The molecule has 176 valence electrons. The van der Waals surface area contributed by atoms with Crippen molar-refractivity contribution in [1.82, 2.24) is 15.2 Å². The number of rotatable bonds is 8. The normalized spacial score (nSPS) is 11.2. The van der Waals surface area contributed by atoms with Gasteiger partial charge in [-0.3, -0.25) is 9.59 Å². The summed E-state index contributed by atoms with van der Waals surface area (Å²) < 4.78 is 5.31. The molecule has 0 bridgehead atoms. The van der Waals surface area contributed by atoms with Crippen LogP contribution in [0.4, 0.5) is 5.69 Å². The first-order valence-corrected chi connectivity index (χ1v) is 11.3. The second kappa shape index (κ2) is 9.97. The van der Waals surface area contributed by atoms with Crippen molar-refractivity contribution in [1.29, 1.82) is 0 Å². The average Bonchev–Trinajstić information content (AvgIpc) is 2.83. The highest BCUT2D eigenvalue weighted by molar-refractivity contribution is 6.11. The summed E-state index contributed by atoms with van der Waals surface area (Å²) in [5, 5.41) is 7.42. The Bertz CT molecular complexity index is 1410. The van der Waals surface area contributed by atoms with Crippen LogP contribution in [0.25, 0.3) is 21.8 Å². The maximum Gasteiger partial charge on any atom is 0.253 e. The Morgan fingerprint density at radius 2 is 1.85 bits per heavy atom. The first-order chi connectivity index (χ1) is 16.4. The van der Waals surface area contributed by atoms with Crippen LogP contribution >= 0.6 is 0 Å². The zero-order valence-electron chi connectivity index (χ0n) is 20.0. The number of para-hydroxylation sites is 1. The number of aromatic nitrogens is 1. The molecule has 0 atom stereocenters. The molecule has 3 N–H and O–H groups in total. The van der Waals surface area contributed by atoms with E-state index >= 15 is 0 Å². The quantitative estimate of drug-likeness (QED) is 0.349. The minimum atomic E-state index is -0.213. The molecule has 0 spiro atoms. The van der Waals surface area contributed by atoms with Crippen molar-refractivity contribution >= 4 is 33.4 Å². The zero-order valence-corrected chi connectivity index (χ0v) is 20.0. The maximum atomic E-state index is 13.6. The third-order valence-corrected chi connectivity index (χ3v) is 5.91. The summed E-state index contributed by atoms with van der Waals surface area (Å²) in [4.78, 5) is 32.1. The van der Waals surface area contributed by atoms with Crippen molar-refractivity contribution in [3.05, 3.63) is 81.5 Å². The van der Waals surface area contributed by atoms with Crippen molar-refractivity contribution in [2.75, 3.05) is 39.6 Å². The van der Waals surface area contributed by atoms with E-state index in [1.165, 1.54) is 0 Å². The Kier molecular flexibility index (Phi) is 6.84. The highest BCUT2D eigenvalue weighted by Gasteiger charge is 2.18. The number of aromatic amines is 1. The molecule has 0 aliphatic rings. The van der Waals surface area contributed by atoms with Crippen LogP contribution in [-0.2, 0) is 6.54 Å². The minimum Gasteiger partial charge on any atom is -0.497 e. The van der Waals surface area contributed by atoms with E-state index in [2.05, 4.69) is 15.6 Å². The Labute approximate surface area is 198 Å². The lowest BCUT2D eigenvalue weighted by molar-refractivity contribution is 0.0952. The van der Waals surface area contributed by atoms with Crippen LogP contribution in [0.5, 0.6) is 5.75 Å². The van der Waals surface area contributed by atoms with E-state index in [1.54, 1.807) is 19.2 Å². The van der Waals surface area contributed by atoms with Gasteiger partial charge in [0.05, 0.1) is 29.1 Å². The fourth-order valence-corrected chi connectivity index (χ4v) is 4.06. The van der Waals surface area contributed by atoms with Crippen molar-refractivity contribution in [3.63, 3.8) is 0 Å². The third-order valence-electron chi connectivity index (χ3n) is 5.91. The highest BCUT2D eigenvalue weighted by atomic mass is 16.5. The second-order valence-corrected chi connectivity index (χ2v) is 8.63. The number of carbonyl (C=O) groups excluding carboxylic acids is 1. The van der Waals surface area contributed by atoms with Gasteiger partial charge in [-0.15, -0.1) is 0 Å². The van der Waals surface area contributed by atoms with Crippen LogP contribution < -0.4 is 20.8 Å². The van der Waals surface area contributed by atoms with Gasteiger partial charge in [0.1, 0.15) is 5.75 Å². The Balaban J connectivity index is 1.80. The Hall–Kier alpha value is -3.84. The summed E-state index contributed by atoms with van der Waals surface area (Å²) >= 11 is 0. The number of amides is 1. The predicted octanol–water partition coefficient (Wildman–Crippen LogP) is 3.90. The molecule has 4 aromatic rings. The molecule has 0 radical (unpaired) electrons. The smallest absolute Gasteiger partial charge is 0.253 e. The lowest BCUT2D eigenvalue weighted by Gasteiger charge is -2.16. The number of hydrogen-bond donors (Lipinski definition) is 3. The summed E-state index contributed by atoms with van der Waals surface area (Å²) in [6, 6.07) is 17.0. The standard InChI is InChI=1S/C27H30N4O3/c1-17-7-5-10-20-24(17)30-25-21(27(33)28-13-14-31(2)3)11-12-22(23(25)26(20)32)29-16-18-8-6-9-19(15-18)34-4/h5-12,15,29H,13-14,16H2,1-4H3,(H,28,33)(H,30,32). The molecule has 34 heavy (non-hydrogen) atoms. The monoisotopic (exact) mass is 458 g/mol. The predicted molar refractivity (Wildman–Crippen MR) is 138 cm³/mol. The molecule has 1 aromatic heterocycles. The van der Waals surface area contributed by atoms with E-state index in [0.717, 1.165) is 28.9 Å². The molecule has 7 heteroatoms. The SMILES string of the molecule is COc1cccc(CNc2ccc(C(=O)NCCN(C)C)c3[nH]c4c(C)cccc4c(=O)c23)c1. The summed E-state index contributed by atoms with van der Waals surface area (Å²) in [7, 11) is 5.54. The average molecular weight is 459 g/mol. The first kappa shape index (κ1) is 23.3. The fourth-order valence-electron chi connectivity index (χ4n) is 4.06. The van der Waals surface area contributed by atoms with E-state index in [1.807, 2.05) is 68.4 Å². The highest BCUT2D eigenvalue weighted by Crippen LogP contribution is 2.27. The summed E-state index contributed by atoms with van der Waals surface area (Å²) in [6.07, 6.45) is 0. The van der Waals surface area contributed by atoms with E-state index < -0.39 is 0 Å². The number of methoxy groups -OCH3 is 1. The number of nitrogens with zero attached hydrogens (tertiary/aromatic N) is 1. The van der Waals surface area contributed by atoms with Crippen LogP contribution in [0.3, 0.4) is 0 Å². The number of aryl methyl sites for hydroxylation is 1. The number of pyridine rings is 1. The molecule has 1 amide bonds. The zero-order chi connectivity index (χ0) is 24.2. The van der Waals surface area contributed by atoms with Crippen LogP contribution in [0.1, 0.15) is 21.5 Å². The van der Waals surface area contributed by atoms with Gasteiger partial charge >= 0.3 is 0 Å². The molecule has 0 aliphatic heterocycles. The number of carbonyl (C=O) groups is 1. The van der Waals surface area contributed by atoms with Crippen molar-refractivity contribution in [2.24, 2.45) is 0 Å². The molecule has 0 fully saturated rings. The van der Waals surface area contributed by atoms with E-state index in [0.29, 0.717) is 40.6 Å². The van der Waals surface area contributed by atoms with Gasteiger partial charge in [-0.25, -0.2) is 0 Å². The molecular weight excluding hydrogens is 428 g/mol. The largest absolute Gasteiger partial charge is 0.497 e. The van der Waals surface area contributed by atoms with E-state index in [-0.39, 0.29) is 11.3 Å². The van der Waals surface area contributed by atoms with Crippen molar-refractivity contribution < 1.29 is 9.53 Å². The Morgan fingerprint density at radius 1 is 1.06 bits per heavy atom. The van der Waals surface area contributed by atoms with Crippen molar-refractivity contribution in [2.45, 2.75) is 13.5 Å². The van der Waals surface area contributed by atoms with Crippen LogP contribution in [0, 0.1) is 6.92 Å². The van der Waals surface area contributed by atoms with Crippen LogP contribution in [0.15, 0.2) is 59.4 Å². The lowest BCUT2D eigenvalue weighted by Crippen LogP contribution is -2.31. The van der Waals surface area contributed by atoms with Gasteiger partial charge < -0.3 is 25.3 Å². The van der Waals surface area contributed by atoms with Gasteiger partial charge in [0.15, 0.2) is 5.43 Å². The number of nitrogens with one attached hydrogen (secondary N) is 3. The van der Waals surface area contributed by atoms with E-state index in [4.69, 9.17) is 4.74 Å². The summed E-state index contributed by atoms with van der Waals surface area (Å²) in [5.74, 6) is 0.558. The number of fused-ring (bicyclic) bond motifs is 2. The molecule has 7 nitrogen and oxygen atoms in total. The van der Waals surface area contributed by atoms with Crippen molar-refractivity contribution in [3.8, 4) is 5.75 Å². The minimum absolute atomic E-state index is 0.108. The molecular formula is C27H30N4O3. The molecule has 1 heterocycles. The first-order valence-electron chi connectivity index (χ1n) is 11.3. The van der Waals surface area contributed by atoms with Gasteiger partial charge in [-0.1, -0.05) is 24.3 Å². The molecule has 0 saturated heterocycles. The number of hydrogen-bond acceptors (Lipinski definition) is 5. The lowest BCUT2D eigenvalue weighted by atomic mass is 10.0. The molecule has 0 aliphatic carbocycles. The second-order valence-electron chi connectivity index (χ2n) is 8.63. The fraction of sp³-hybridized carbons (Fsp3) is 0.259.